The maximum atomic E-state index is 5.14. The lowest BCUT2D eigenvalue weighted by Crippen LogP contribution is -2.14. The van der Waals surface area contributed by atoms with E-state index in [0.29, 0.717) is 5.92 Å². The van der Waals surface area contributed by atoms with Crippen molar-refractivity contribution >= 4 is 12.8 Å². The monoisotopic (exact) mass is 133 g/mol. The third kappa shape index (κ3) is 1.65. The number of hydrogen-bond donors (Lipinski definition) is 2. The molecule has 0 spiro atoms. The van der Waals surface area contributed by atoms with Gasteiger partial charge in [-0.2, -0.15) is 0 Å². The van der Waals surface area contributed by atoms with Gasteiger partial charge in [-0.25, -0.2) is 0 Å². The van der Waals surface area contributed by atoms with Crippen molar-refractivity contribution in [1.29, 1.82) is 0 Å². The number of ether oxygens (including phenoxy) is 1. The minimum atomic E-state index is 0.701. The molecule has 0 aromatic rings. The molecule has 0 aromatic carbocycles. The van der Waals surface area contributed by atoms with Gasteiger partial charge in [0.25, 0.3) is 0 Å². The summed E-state index contributed by atoms with van der Waals surface area (Å²) in [6.07, 6.45) is 1.19. The molecular formula is C5H11NOS. The first-order valence-corrected chi connectivity index (χ1v) is 3.33. The molecule has 1 unspecified atom stereocenters. The van der Waals surface area contributed by atoms with E-state index in [0.717, 1.165) is 19.8 Å². The summed E-state index contributed by atoms with van der Waals surface area (Å²) >= 11 is 3.89. The Morgan fingerprint density at radius 1 is 1.75 bits per heavy atom. The molecule has 2 nitrogen and oxygen atoms in total. The Morgan fingerprint density at radius 3 is 3.12 bits per heavy atom. The highest BCUT2D eigenvalue weighted by atomic mass is 32.1. The van der Waals surface area contributed by atoms with Gasteiger partial charge < -0.3 is 4.74 Å². The SMILES string of the molecule is SNCC1CCOC1. The van der Waals surface area contributed by atoms with Crippen molar-refractivity contribution in [3.05, 3.63) is 0 Å². The Morgan fingerprint density at radius 2 is 2.62 bits per heavy atom. The van der Waals surface area contributed by atoms with E-state index < -0.39 is 0 Å². The fourth-order valence-electron chi connectivity index (χ4n) is 0.873. The topological polar surface area (TPSA) is 21.3 Å². The predicted octanol–water partition coefficient (Wildman–Crippen LogP) is 0.457. The van der Waals surface area contributed by atoms with Crippen LogP contribution >= 0.6 is 12.8 Å². The second-order valence-electron chi connectivity index (χ2n) is 2.09. The van der Waals surface area contributed by atoms with Crippen molar-refractivity contribution < 1.29 is 4.74 Å². The molecule has 1 rings (SSSR count). The van der Waals surface area contributed by atoms with E-state index in [-0.39, 0.29) is 0 Å². The van der Waals surface area contributed by atoms with E-state index in [2.05, 4.69) is 17.5 Å². The number of nitrogens with one attached hydrogen (secondary N) is 1. The van der Waals surface area contributed by atoms with Crippen LogP contribution in [-0.4, -0.2) is 19.8 Å². The van der Waals surface area contributed by atoms with Crippen LogP contribution < -0.4 is 4.72 Å². The number of thiol groups is 1. The first kappa shape index (κ1) is 6.39. The molecule has 1 aliphatic heterocycles. The molecular weight excluding hydrogens is 122 g/mol. The summed E-state index contributed by atoms with van der Waals surface area (Å²) in [6.45, 7) is 2.82. The van der Waals surface area contributed by atoms with Gasteiger partial charge in [-0.05, 0) is 12.3 Å². The van der Waals surface area contributed by atoms with Crippen LogP contribution in [0.3, 0.4) is 0 Å². The third-order valence-electron chi connectivity index (χ3n) is 1.40. The van der Waals surface area contributed by atoms with Crippen LogP contribution in [0.15, 0.2) is 0 Å². The normalized spacial score (nSPS) is 28.9. The quantitative estimate of drug-likeness (QED) is 0.534. The predicted molar refractivity (Wildman–Crippen MR) is 35.9 cm³/mol. The Labute approximate surface area is 55.1 Å². The van der Waals surface area contributed by atoms with E-state index in [1.165, 1.54) is 6.42 Å². The average Bonchev–Trinajstić information content (AvgIpc) is 2.19. The first-order chi connectivity index (χ1) is 3.93. The van der Waals surface area contributed by atoms with Crippen LogP contribution in [0.25, 0.3) is 0 Å². The summed E-state index contributed by atoms with van der Waals surface area (Å²) in [7, 11) is 0. The minimum absolute atomic E-state index is 0.701. The lowest BCUT2D eigenvalue weighted by molar-refractivity contribution is 0.186. The van der Waals surface area contributed by atoms with Gasteiger partial charge >= 0.3 is 0 Å². The number of hydrogen-bond acceptors (Lipinski definition) is 3. The van der Waals surface area contributed by atoms with E-state index in [4.69, 9.17) is 4.74 Å². The Balaban J connectivity index is 2.06. The molecule has 0 radical (unpaired) electrons. The largest absolute Gasteiger partial charge is 0.381 e. The summed E-state index contributed by atoms with van der Waals surface area (Å²) in [5.41, 5.74) is 0. The molecule has 1 heterocycles. The van der Waals surface area contributed by atoms with E-state index in [9.17, 15) is 0 Å². The molecule has 8 heavy (non-hydrogen) atoms. The molecule has 0 bridgehead atoms. The molecule has 1 saturated heterocycles. The van der Waals surface area contributed by atoms with Gasteiger partial charge in [0.2, 0.25) is 0 Å². The van der Waals surface area contributed by atoms with Crippen molar-refractivity contribution in [2.45, 2.75) is 6.42 Å². The summed E-state index contributed by atoms with van der Waals surface area (Å²) in [5.74, 6) is 0.701. The van der Waals surface area contributed by atoms with Gasteiger partial charge in [-0.1, -0.05) is 12.8 Å². The summed E-state index contributed by atoms with van der Waals surface area (Å²) in [5, 5.41) is 0. The first-order valence-electron chi connectivity index (χ1n) is 2.88. The highest BCUT2D eigenvalue weighted by Gasteiger charge is 2.13. The molecule has 0 saturated carbocycles. The van der Waals surface area contributed by atoms with Crippen molar-refractivity contribution in [3.8, 4) is 0 Å². The Bertz CT molecular complexity index is 63.4. The van der Waals surface area contributed by atoms with Gasteiger partial charge in [0.05, 0.1) is 6.61 Å². The second kappa shape index (κ2) is 3.33. The van der Waals surface area contributed by atoms with Crippen molar-refractivity contribution in [2.24, 2.45) is 5.92 Å². The van der Waals surface area contributed by atoms with Gasteiger partial charge in [0, 0.05) is 13.2 Å². The molecule has 0 aliphatic carbocycles. The maximum Gasteiger partial charge on any atom is 0.0507 e. The highest BCUT2D eigenvalue weighted by molar-refractivity contribution is 7.78. The van der Waals surface area contributed by atoms with Crippen LogP contribution in [0.4, 0.5) is 0 Å². The van der Waals surface area contributed by atoms with E-state index >= 15 is 0 Å². The van der Waals surface area contributed by atoms with Crippen LogP contribution in [0.1, 0.15) is 6.42 Å². The van der Waals surface area contributed by atoms with Crippen LogP contribution in [0.2, 0.25) is 0 Å². The standard InChI is InChI=1S/C5H11NOS/c8-6-3-5-1-2-7-4-5/h5-6,8H,1-4H2. The van der Waals surface area contributed by atoms with Crippen molar-refractivity contribution in [1.82, 2.24) is 4.72 Å². The second-order valence-corrected chi connectivity index (χ2v) is 2.41. The summed E-state index contributed by atoms with van der Waals surface area (Å²) in [6, 6.07) is 0. The Kier molecular flexibility index (Phi) is 2.66. The Hall–Kier alpha value is 0.270. The summed E-state index contributed by atoms with van der Waals surface area (Å²) in [4.78, 5) is 0. The molecule has 48 valence electrons. The molecule has 1 atom stereocenters. The zero-order chi connectivity index (χ0) is 5.82. The zero-order valence-corrected chi connectivity index (χ0v) is 5.66. The molecule has 1 fully saturated rings. The fourth-order valence-corrected chi connectivity index (χ4v) is 1.13. The van der Waals surface area contributed by atoms with Crippen LogP contribution in [-0.2, 0) is 4.74 Å². The maximum absolute atomic E-state index is 5.14. The van der Waals surface area contributed by atoms with Gasteiger partial charge in [0.15, 0.2) is 0 Å². The lowest BCUT2D eigenvalue weighted by Gasteiger charge is -2.02. The van der Waals surface area contributed by atoms with Gasteiger partial charge in [-0.3, -0.25) is 4.72 Å². The zero-order valence-electron chi connectivity index (χ0n) is 4.76. The van der Waals surface area contributed by atoms with Gasteiger partial charge in [-0.15, -0.1) is 0 Å². The smallest absolute Gasteiger partial charge is 0.0507 e. The summed E-state index contributed by atoms with van der Waals surface area (Å²) < 4.78 is 7.96. The van der Waals surface area contributed by atoms with Crippen molar-refractivity contribution in [3.63, 3.8) is 0 Å². The molecule has 3 heteroatoms. The third-order valence-corrected chi connectivity index (χ3v) is 1.59. The van der Waals surface area contributed by atoms with Crippen LogP contribution in [0.5, 0.6) is 0 Å². The fraction of sp³-hybridized carbons (Fsp3) is 1.00. The van der Waals surface area contributed by atoms with E-state index in [1.807, 2.05) is 0 Å². The number of rotatable bonds is 2. The van der Waals surface area contributed by atoms with Gasteiger partial charge in [0.1, 0.15) is 0 Å². The van der Waals surface area contributed by atoms with Crippen LogP contribution in [0, 0.1) is 5.92 Å². The molecule has 1 aliphatic rings. The molecule has 0 aromatic heterocycles. The average molecular weight is 133 g/mol. The highest BCUT2D eigenvalue weighted by Crippen LogP contribution is 2.10. The lowest BCUT2D eigenvalue weighted by atomic mass is 10.1. The minimum Gasteiger partial charge on any atom is -0.381 e. The van der Waals surface area contributed by atoms with E-state index in [1.54, 1.807) is 0 Å². The van der Waals surface area contributed by atoms with Crippen molar-refractivity contribution in [2.75, 3.05) is 19.8 Å². The molecule has 0 amide bonds. The molecule has 1 N–H and O–H groups in total.